The van der Waals surface area contributed by atoms with Crippen molar-refractivity contribution in [2.45, 2.75) is 70.9 Å². The molecule has 2 bridgehead atoms. The minimum absolute atomic E-state index is 0. The molecule has 35 heavy (non-hydrogen) atoms. The third-order valence-corrected chi connectivity index (χ3v) is 7.91. The van der Waals surface area contributed by atoms with Gasteiger partial charge in [0.1, 0.15) is 0 Å². The number of benzene rings is 2. The van der Waals surface area contributed by atoms with Gasteiger partial charge in [0, 0.05) is 38.8 Å². The number of likely N-dealkylation sites (tertiary alicyclic amines) is 1. The molecular weight excluding hydrogens is 501 g/mol. The molecule has 1 saturated heterocycles. The largest absolute Gasteiger partial charge is 0.451 e. The van der Waals surface area contributed by atoms with Gasteiger partial charge in [0.25, 0.3) is 0 Å². The van der Waals surface area contributed by atoms with E-state index in [0.717, 1.165) is 29.8 Å². The van der Waals surface area contributed by atoms with Crippen LogP contribution in [0.15, 0.2) is 79.9 Å². The molecule has 3 unspecified atom stereocenters. The topological polar surface area (TPSA) is 15.3 Å². The predicted octanol–water partition coefficient (Wildman–Crippen LogP) is 7.85. The van der Waals surface area contributed by atoms with Crippen LogP contribution >= 0.6 is 0 Å². The Bertz CT molecular complexity index is 872. The smallest absolute Gasteiger partial charge is 0.0118 e. The van der Waals surface area contributed by atoms with Crippen LogP contribution in [0, 0.1) is 17.9 Å². The molecule has 3 fully saturated rings. The Morgan fingerprint density at radius 3 is 2.06 bits per heavy atom. The van der Waals surface area contributed by atoms with E-state index in [0.29, 0.717) is 0 Å². The zero-order valence-electron chi connectivity index (χ0n) is 22.4. The van der Waals surface area contributed by atoms with Gasteiger partial charge in [0.15, 0.2) is 0 Å². The number of nitrogens with one attached hydrogen (secondary N) is 1. The molecule has 0 aromatic heterocycles. The van der Waals surface area contributed by atoms with Crippen LogP contribution in [-0.4, -0.2) is 30.6 Å². The fourth-order valence-electron chi connectivity index (χ4n) is 5.68. The van der Waals surface area contributed by atoms with Crippen molar-refractivity contribution in [2.75, 3.05) is 13.6 Å². The van der Waals surface area contributed by atoms with Gasteiger partial charge in [-0.15, -0.1) is 13.2 Å². The summed E-state index contributed by atoms with van der Waals surface area (Å²) in [6, 6.07) is 22.8. The van der Waals surface area contributed by atoms with Crippen LogP contribution in [0.5, 0.6) is 0 Å². The van der Waals surface area contributed by atoms with Crippen molar-refractivity contribution in [1.82, 2.24) is 10.2 Å². The fourth-order valence-corrected chi connectivity index (χ4v) is 5.68. The van der Waals surface area contributed by atoms with E-state index in [9.17, 15) is 0 Å². The average Bonchev–Trinajstić information content (AvgIpc) is 3.46. The maximum atomic E-state index is 3.86. The number of allylic oxidation sites excluding steroid dienone is 2. The fraction of sp³-hybridized carbons (Fsp3) is 0.469. The molecule has 0 spiro atoms. The summed E-state index contributed by atoms with van der Waals surface area (Å²) >= 11 is 0. The number of piperidine rings is 1. The molecule has 2 saturated carbocycles. The van der Waals surface area contributed by atoms with E-state index in [-0.39, 0.29) is 32.7 Å². The molecule has 0 amide bonds. The monoisotopic (exact) mass is 546 g/mol. The summed E-state index contributed by atoms with van der Waals surface area (Å²) in [5.41, 5.74) is 4.08. The summed E-state index contributed by atoms with van der Waals surface area (Å²) in [7, 11) is 2.10. The Balaban J connectivity index is 0.000000225. The molecule has 1 N–H and O–H groups in total. The molecule has 5 rings (SSSR count). The van der Waals surface area contributed by atoms with Crippen molar-refractivity contribution in [2.24, 2.45) is 11.8 Å². The summed E-state index contributed by atoms with van der Waals surface area (Å²) in [6.45, 7) is 15.0. The second kappa shape index (κ2) is 15.3. The zero-order chi connectivity index (χ0) is 24.5. The maximum Gasteiger partial charge on any atom is 0.0118 e. The number of fused-ring (bicyclic) bond motifs is 2. The van der Waals surface area contributed by atoms with Gasteiger partial charge >= 0.3 is 0 Å². The second-order valence-corrected chi connectivity index (χ2v) is 10.1. The van der Waals surface area contributed by atoms with Crippen molar-refractivity contribution < 1.29 is 32.7 Å². The van der Waals surface area contributed by atoms with Crippen molar-refractivity contribution >= 4 is 0 Å². The van der Waals surface area contributed by atoms with Crippen molar-refractivity contribution in [1.29, 1.82) is 0 Å². The average molecular weight is 547 g/mol. The molecule has 2 nitrogen and oxygen atoms in total. The van der Waals surface area contributed by atoms with E-state index >= 15 is 0 Å². The van der Waals surface area contributed by atoms with E-state index in [4.69, 9.17) is 0 Å². The molecule has 3 aliphatic rings. The van der Waals surface area contributed by atoms with Gasteiger partial charge in [0.2, 0.25) is 0 Å². The number of nitrogens with zero attached hydrogens (tertiary/aromatic N) is 1. The maximum absolute atomic E-state index is 3.86. The first-order valence-electron chi connectivity index (χ1n) is 13.2. The summed E-state index contributed by atoms with van der Waals surface area (Å²) in [5.74, 6) is 2.40. The summed E-state index contributed by atoms with van der Waals surface area (Å²) in [6.07, 6.45) is 10.4. The van der Waals surface area contributed by atoms with Crippen molar-refractivity contribution in [3.05, 3.63) is 91.5 Å². The normalized spacial score (nSPS) is 26.4. The second-order valence-electron chi connectivity index (χ2n) is 10.1. The number of rotatable bonds is 6. The SMILES string of the molecule is C=CC.C=CC1CC(c2ccc(-c3ccccc3)cc2)C1.CC[C-](C)N1CC2CC1CC2NC.[Y]. The molecule has 1 aliphatic heterocycles. The van der Waals surface area contributed by atoms with Crippen LogP contribution in [0.25, 0.3) is 11.1 Å². The molecule has 1 radical (unpaired) electrons. The van der Waals surface area contributed by atoms with Gasteiger partial charge in [-0.05, 0) is 86.7 Å². The number of hydrogen-bond acceptors (Lipinski definition) is 2. The zero-order valence-corrected chi connectivity index (χ0v) is 25.3. The summed E-state index contributed by atoms with van der Waals surface area (Å²) in [4.78, 5) is 2.64. The van der Waals surface area contributed by atoms with Crippen LogP contribution < -0.4 is 5.32 Å². The van der Waals surface area contributed by atoms with E-state index < -0.39 is 0 Å². The Kier molecular flexibility index (Phi) is 13.1. The minimum atomic E-state index is 0. The quantitative estimate of drug-likeness (QED) is 0.293. The Labute approximate surface area is 240 Å². The third kappa shape index (κ3) is 7.96. The van der Waals surface area contributed by atoms with Gasteiger partial charge in [-0.25, -0.2) is 0 Å². The Morgan fingerprint density at radius 1 is 0.971 bits per heavy atom. The predicted molar refractivity (Wildman–Crippen MR) is 149 cm³/mol. The molecule has 187 valence electrons. The van der Waals surface area contributed by atoms with Crippen molar-refractivity contribution in [3.8, 4) is 11.1 Å². The van der Waals surface area contributed by atoms with Gasteiger partial charge in [-0.1, -0.05) is 73.7 Å². The molecule has 2 aliphatic carbocycles. The van der Waals surface area contributed by atoms with Crippen LogP contribution in [0.4, 0.5) is 0 Å². The van der Waals surface area contributed by atoms with E-state index in [2.05, 4.69) is 105 Å². The molecule has 2 aromatic carbocycles. The van der Waals surface area contributed by atoms with Gasteiger partial charge in [0.05, 0.1) is 0 Å². The minimum Gasteiger partial charge on any atom is -0.451 e. The van der Waals surface area contributed by atoms with Gasteiger partial charge in [-0.2, -0.15) is 13.3 Å². The first-order valence-corrected chi connectivity index (χ1v) is 13.2. The molecule has 1 heterocycles. The third-order valence-electron chi connectivity index (χ3n) is 7.91. The Morgan fingerprint density at radius 2 is 1.57 bits per heavy atom. The van der Waals surface area contributed by atoms with Crippen LogP contribution in [0.2, 0.25) is 0 Å². The van der Waals surface area contributed by atoms with E-state index in [1.165, 1.54) is 55.3 Å². The standard InChI is InChI=1S/C18H18.C11H21N2.C3H6.Y/c1-2-14-12-18(13-14)17-10-8-16(9-11-17)15-6-4-3-5-7-15;1-4-8(2)13-7-9-5-10(13)6-11(9)12-3;1-3-2;/h2-11,14,18H,1,12-13H2;9-12H,4-7H2,1-3H3;3H,1H2,2H3;/q;-1;;. The van der Waals surface area contributed by atoms with Crippen LogP contribution in [-0.2, 0) is 32.7 Å². The Hall–Kier alpha value is -1.06. The van der Waals surface area contributed by atoms with Gasteiger partial charge < -0.3 is 10.2 Å². The summed E-state index contributed by atoms with van der Waals surface area (Å²) < 4.78 is 0. The van der Waals surface area contributed by atoms with E-state index in [1.807, 2.05) is 6.92 Å². The molecule has 2 aromatic rings. The van der Waals surface area contributed by atoms with Crippen LogP contribution in [0.1, 0.15) is 64.4 Å². The molecular formula is C32H45N2Y-. The molecule has 3 atom stereocenters. The first-order chi connectivity index (χ1) is 16.5. The first kappa shape index (κ1) is 30.2. The van der Waals surface area contributed by atoms with E-state index in [1.54, 1.807) is 12.1 Å². The van der Waals surface area contributed by atoms with Crippen molar-refractivity contribution in [3.63, 3.8) is 0 Å². The molecule has 3 heteroatoms. The van der Waals surface area contributed by atoms with Gasteiger partial charge in [-0.3, -0.25) is 6.04 Å². The number of hydrogen-bond donors (Lipinski definition) is 1. The van der Waals surface area contributed by atoms with Crippen LogP contribution in [0.3, 0.4) is 0 Å². The summed E-state index contributed by atoms with van der Waals surface area (Å²) in [5, 5.41) is 3.44.